The molecule has 2 N–H and O–H groups in total. The standard InChI is InChI=1S/C14H24O6/c1-5-7-8-10(12(15)16)11(13(17)18)19-20-14(3,4)9-6-2/h5-9H2,1-4H3,(H,15,16)(H,17,18)/i9T. The van der Waals surface area contributed by atoms with E-state index in [1.54, 1.807) is 20.8 Å². The Bertz CT molecular complexity index is 402. The zero-order valence-corrected chi connectivity index (χ0v) is 12.4. The summed E-state index contributed by atoms with van der Waals surface area (Å²) in [6, 6.07) is 0. The lowest BCUT2D eigenvalue weighted by molar-refractivity contribution is -0.327. The third-order valence-electron chi connectivity index (χ3n) is 2.54. The molecule has 0 aromatic heterocycles. The summed E-state index contributed by atoms with van der Waals surface area (Å²) in [6.07, 6.45) is 1.19. The van der Waals surface area contributed by atoms with Crippen molar-refractivity contribution in [1.29, 1.82) is 0 Å². The second-order valence-electron chi connectivity index (χ2n) is 4.90. The van der Waals surface area contributed by atoms with Crippen molar-refractivity contribution in [3.63, 3.8) is 0 Å². The van der Waals surface area contributed by atoms with Crippen LogP contribution in [0, 0.1) is 0 Å². The van der Waals surface area contributed by atoms with Gasteiger partial charge in [0.05, 0.1) is 5.57 Å². The number of hydrogen-bond donors (Lipinski definition) is 2. The van der Waals surface area contributed by atoms with Gasteiger partial charge in [0.2, 0.25) is 0 Å². The molecule has 0 aliphatic carbocycles. The van der Waals surface area contributed by atoms with E-state index in [0.717, 1.165) is 6.42 Å². The number of carboxylic acids is 2. The topological polar surface area (TPSA) is 93.1 Å². The number of carboxylic acid groups (broad SMARTS) is 2. The summed E-state index contributed by atoms with van der Waals surface area (Å²) in [7, 11) is 0. The summed E-state index contributed by atoms with van der Waals surface area (Å²) in [4.78, 5) is 32.2. The van der Waals surface area contributed by atoms with Crippen LogP contribution in [0.15, 0.2) is 11.3 Å². The first-order valence-corrected chi connectivity index (χ1v) is 6.65. The molecule has 20 heavy (non-hydrogen) atoms. The third kappa shape index (κ3) is 6.56. The van der Waals surface area contributed by atoms with Gasteiger partial charge in [0.1, 0.15) is 5.60 Å². The zero-order valence-electron chi connectivity index (χ0n) is 13.4. The molecule has 0 heterocycles. The molecule has 6 nitrogen and oxygen atoms in total. The van der Waals surface area contributed by atoms with E-state index in [1.165, 1.54) is 0 Å². The number of aliphatic carboxylic acids is 2. The maximum Gasteiger partial charge on any atom is 0.375 e. The van der Waals surface area contributed by atoms with E-state index < -0.39 is 29.7 Å². The van der Waals surface area contributed by atoms with Crippen molar-refractivity contribution in [3.8, 4) is 0 Å². The normalized spacial score (nSPS) is 15.1. The predicted octanol–water partition coefficient (Wildman–Crippen LogP) is 3.13. The van der Waals surface area contributed by atoms with E-state index in [4.69, 9.17) is 21.4 Å². The lowest BCUT2D eigenvalue weighted by Crippen LogP contribution is -2.26. The van der Waals surface area contributed by atoms with Crippen LogP contribution in [0.3, 0.4) is 0 Å². The van der Waals surface area contributed by atoms with Crippen LogP contribution in [0.1, 0.15) is 61.1 Å². The molecule has 0 bridgehead atoms. The number of rotatable bonds is 10. The lowest BCUT2D eigenvalue weighted by Gasteiger charge is -2.23. The second kappa shape index (κ2) is 8.58. The van der Waals surface area contributed by atoms with E-state index in [1.807, 2.05) is 6.92 Å². The van der Waals surface area contributed by atoms with Crippen molar-refractivity contribution in [3.05, 3.63) is 11.3 Å². The molecule has 0 amide bonds. The quantitative estimate of drug-likeness (QED) is 0.278. The molecule has 0 aliphatic heterocycles. The van der Waals surface area contributed by atoms with Crippen LogP contribution in [-0.2, 0) is 19.4 Å². The Morgan fingerprint density at radius 1 is 1.15 bits per heavy atom. The third-order valence-corrected chi connectivity index (χ3v) is 2.54. The van der Waals surface area contributed by atoms with E-state index in [0.29, 0.717) is 12.8 Å². The minimum atomic E-state index is -1.50. The Morgan fingerprint density at radius 3 is 2.15 bits per heavy atom. The van der Waals surface area contributed by atoms with Gasteiger partial charge in [-0.2, -0.15) is 4.89 Å². The highest BCUT2D eigenvalue weighted by Gasteiger charge is 2.26. The zero-order chi connectivity index (χ0) is 16.6. The van der Waals surface area contributed by atoms with Gasteiger partial charge < -0.3 is 15.1 Å². The maximum atomic E-state index is 11.2. The van der Waals surface area contributed by atoms with Crippen LogP contribution >= 0.6 is 0 Å². The van der Waals surface area contributed by atoms with Gasteiger partial charge in [0.15, 0.2) is 0 Å². The van der Waals surface area contributed by atoms with Crippen LogP contribution in [-0.4, -0.2) is 27.8 Å². The van der Waals surface area contributed by atoms with Crippen molar-refractivity contribution in [2.24, 2.45) is 0 Å². The molecule has 0 aromatic rings. The minimum Gasteiger partial charge on any atom is -0.478 e. The molecule has 0 aromatic carbocycles. The first kappa shape index (κ1) is 16.5. The summed E-state index contributed by atoms with van der Waals surface area (Å²) in [5.74, 6) is -3.58. The van der Waals surface area contributed by atoms with Gasteiger partial charge in [-0.3, -0.25) is 0 Å². The van der Waals surface area contributed by atoms with E-state index in [2.05, 4.69) is 0 Å². The highest BCUT2D eigenvalue weighted by atomic mass is 17.2. The molecule has 0 saturated heterocycles. The highest BCUT2D eigenvalue weighted by molar-refractivity contribution is 5.97. The number of unbranched alkanes of at least 4 members (excludes halogenated alkanes) is 1. The molecule has 0 spiro atoms. The SMILES string of the molecule is [3H]C(CC)C(C)(C)OOC(C(=O)O)=C(CCCC)C(=O)O. The van der Waals surface area contributed by atoms with Crippen molar-refractivity contribution >= 4 is 11.9 Å². The molecular weight excluding hydrogens is 264 g/mol. The Balaban J connectivity index is 5.21. The molecule has 0 rings (SSSR count). The van der Waals surface area contributed by atoms with Gasteiger partial charge in [-0.25, -0.2) is 9.59 Å². The monoisotopic (exact) mass is 290 g/mol. The Labute approximate surface area is 120 Å². The maximum absolute atomic E-state index is 11.2. The highest BCUT2D eigenvalue weighted by Crippen LogP contribution is 2.21. The largest absolute Gasteiger partial charge is 0.478 e. The molecule has 1 atom stereocenters. The molecule has 0 aliphatic rings. The molecule has 1 unspecified atom stereocenters. The molecular formula is C14H24O6. The van der Waals surface area contributed by atoms with Crippen LogP contribution in [0.4, 0.5) is 0 Å². The van der Waals surface area contributed by atoms with Crippen LogP contribution in [0.5, 0.6) is 0 Å². The predicted molar refractivity (Wildman–Crippen MR) is 73.0 cm³/mol. The molecule has 6 heteroatoms. The summed E-state index contributed by atoms with van der Waals surface area (Å²) in [6.45, 7) is 6.83. The number of hydrogen-bond acceptors (Lipinski definition) is 4. The fraction of sp³-hybridized carbons (Fsp3) is 0.714. The fourth-order valence-electron chi connectivity index (χ4n) is 1.56. The van der Waals surface area contributed by atoms with Gasteiger partial charge in [0, 0.05) is 1.37 Å². The lowest BCUT2D eigenvalue weighted by atomic mass is 10.0. The van der Waals surface area contributed by atoms with Crippen LogP contribution < -0.4 is 0 Å². The molecule has 0 radical (unpaired) electrons. The average molecular weight is 290 g/mol. The minimum absolute atomic E-state index is 0.0787. The Kier molecular flexibility index (Phi) is 7.08. The summed E-state index contributed by atoms with van der Waals surface area (Å²) >= 11 is 0. The second-order valence-corrected chi connectivity index (χ2v) is 4.90. The van der Waals surface area contributed by atoms with Gasteiger partial charge in [-0.1, -0.05) is 26.7 Å². The van der Waals surface area contributed by atoms with Crippen molar-refractivity contribution < 1.29 is 30.9 Å². The Hall–Kier alpha value is -1.56. The molecule has 116 valence electrons. The van der Waals surface area contributed by atoms with E-state index in [9.17, 15) is 9.59 Å². The van der Waals surface area contributed by atoms with Crippen molar-refractivity contribution in [1.82, 2.24) is 0 Å². The van der Waals surface area contributed by atoms with E-state index >= 15 is 0 Å². The fourth-order valence-corrected chi connectivity index (χ4v) is 1.56. The molecule has 0 fully saturated rings. The first-order chi connectivity index (χ1) is 9.67. The first-order valence-electron chi connectivity index (χ1n) is 7.22. The van der Waals surface area contributed by atoms with Gasteiger partial charge in [-0.15, -0.1) is 0 Å². The smallest absolute Gasteiger partial charge is 0.375 e. The van der Waals surface area contributed by atoms with Crippen molar-refractivity contribution in [2.45, 2.75) is 65.4 Å². The van der Waals surface area contributed by atoms with Gasteiger partial charge in [-0.05, 0) is 33.1 Å². The average Bonchev–Trinajstić information content (AvgIpc) is 2.40. The summed E-state index contributed by atoms with van der Waals surface area (Å²) in [5.41, 5.74) is -1.39. The molecule has 0 saturated carbocycles. The van der Waals surface area contributed by atoms with Crippen molar-refractivity contribution in [2.75, 3.05) is 0 Å². The van der Waals surface area contributed by atoms with Crippen LogP contribution in [0.2, 0.25) is 0 Å². The Morgan fingerprint density at radius 2 is 1.75 bits per heavy atom. The summed E-state index contributed by atoms with van der Waals surface area (Å²) in [5, 5.41) is 18.2. The van der Waals surface area contributed by atoms with Gasteiger partial charge >= 0.3 is 11.9 Å². The summed E-state index contributed by atoms with van der Waals surface area (Å²) < 4.78 is 7.79. The number of carbonyl (C=O) groups is 2. The van der Waals surface area contributed by atoms with Crippen LogP contribution in [0.25, 0.3) is 0 Å². The van der Waals surface area contributed by atoms with E-state index in [-0.39, 0.29) is 12.0 Å². The van der Waals surface area contributed by atoms with Gasteiger partial charge in [0.25, 0.3) is 5.76 Å².